The Balaban J connectivity index is 2.05. The summed E-state index contributed by atoms with van der Waals surface area (Å²) in [5, 5.41) is 2.80. The number of rotatable bonds is 2. The maximum Gasteiger partial charge on any atom is 0.266 e. The zero-order valence-corrected chi connectivity index (χ0v) is 13.8. The Morgan fingerprint density at radius 2 is 2.17 bits per heavy atom. The minimum Gasteiger partial charge on any atom is -0.319 e. The van der Waals surface area contributed by atoms with Crippen LogP contribution in [0, 0.1) is 12.7 Å². The number of nitrogens with one attached hydrogen (secondary N) is 1. The molecule has 0 unspecified atom stereocenters. The third kappa shape index (κ3) is 2.62. The van der Waals surface area contributed by atoms with Gasteiger partial charge in [0, 0.05) is 7.05 Å². The van der Waals surface area contributed by atoms with Crippen LogP contribution in [-0.4, -0.2) is 15.5 Å². The Morgan fingerprint density at radius 1 is 1.43 bits per heavy atom. The van der Waals surface area contributed by atoms with Crippen molar-refractivity contribution in [2.75, 3.05) is 5.32 Å². The number of halogens is 2. The average Bonchev–Trinajstić information content (AvgIpc) is 2.85. The van der Waals surface area contributed by atoms with E-state index < -0.39 is 11.7 Å². The van der Waals surface area contributed by atoms with Gasteiger partial charge in [0.1, 0.15) is 4.83 Å². The molecule has 0 aliphatic heterocycles. The number of nitrogens with zero attached hydrogens (tertiary/aromatic N) is 2. The fraction of sp³-hybridized carbons (Fsp3) is 0.133. The van der Waals surface area contributed by atoms with Gasteiger partial charge in [-0.3, -0.25) is 9.59 Å². The topological polar surface area (TPSA) is 64.0 Å². The first-order valence-corrected chi connectivity index (χ1v) is 7.79. The van der Waals surface area contributed by atoms with Gasteiger partial charge in [0.15, 0.2) is 5.82 Å². The molecule has 5 nitrogen and oxygen atoms in total. The molecular weight excluding hydrogens is 341 g/mol. The van der Waals surface area contributed by atoms with Crippen molar-refractivity contribution in [2.24, 2.45) is 7.05 Å². The molecule has 0 bridgehead atoms. The van der Waals surface area contributed by atoms with Gasteiger partial charge < -0.3 is 9.88 Å². The Morgan fingerprint density at radius 3 is 2.91 bits per heavy atom. The number of aryl methyl sites for hydroxylation is 2. The van der Waals surface area contributed by atoms with Crippen LogP contribution < -0.4 is 10.9 Å². The number of thiophene rings is 1. The highest BCUT2D eigenvalue weighted by molar-refractivity contribution is 7.20. The van der Waals surface area contributed by atoms with E-state index in [0.717, 1.165) is 11.3 Å². The lowest BCUT2D eigenvalue weighted by Gasteiger charge is -2.06. The third-order valence-electron chi connectivity index (χ3n) is 3.42. The highest BCUT2D eigenvalue weighted by atomic mass is 35.5. The molecular formula is C15H11ClFN3O2S. The fourth-order valence-electron chi connectivity index (χ4n) is 2.20. The SMILES string of the molecule is Cc1c(C(=O)Nc2cccc(Cl)c2F)sc2ncn(C)c(=O)c12. The van der Waals surface area contributed by atoms with Crippen molar-refractivity contribution in [3.63, 3.8) is 0 Å². The minimum absolute atomic E-state index is 0.0137. The molecule has 0 spiro atoms. The summed E-state index contributed by atoms with van der Waals surface area (Å²) in [5.74, 6) is -1.20. The molecule has 23 heavy (non-hydrogen) atoms. The molecule has 3 aromatic rings. The Kier molecular flexibility index (Phi) is 3.91. The van der Waals surface area contributed by atoms with Gasteiger partial charge in [0.25, 0.3) is 11.5 Å². The number of benzene rings is 1. The number of carbonyl (C=O) groups is 1. The first-order chi connectivity index (χ1) is 10.9. The fourth-order valence-corrected chi connectivity index (χ4v) is 3.41. The van der Waals surface area contributed by atoms with E-state index in [1.54, 1.807) is 14.0 Å². The second kappa shape index (κ2) is 5.75. The summed E-state index contributed by atoms with van der Waals surface area (Å²) in [6, 6.07) is 4.35. The second-order valence-electron chi connectivity index (χ2n) is 4.95. The maximum absolute atomic E-state index is 13.9. The zero-order valence-electron chi connectivity index (χ0n) is 12.2. The summed E-state index contributed by atoms with van der Waals surface area (Å²) in [4.78, 5) is 29.5. The van der Waals surface area contributed by atoms with Crippen LogP contribution in [0.15, 0.2) is 29.3 Å². The first kappa shape index (κ1) is 15.6. The van der Waals surface area contributed by atoms with Gasteiger partial charge in [-0.1, -0.05) is 17.7 Å². The van der Waals surface area contributed by atoms with Crippen molar-refractivity contribution in [3.8, 4) is 0 Å². The quantitative estimate of drug-likeness (QED) is 0.770. The molecule has 0 saturated carbocycles. The second-order valence-corrected chi connectivity index (χ2v) is 6.36. The van der Waals surface area contributed by atoms with E-state index in [1.807, 2.05) is 0 Å². The van der Waals surface area contributed by atoms with Crippen molar-refractivity contribution in [2.45, 2.75) is 6.92 Å². The molecule has 1 aromatic carbocycles. The Labute approximate surface area is 139 Å². The minimum atomic E-state index is -0.699. The Bertz CT molecular complexity index is 996. The van der Waals surface area contributed by atoms with Gasteiger partial charge in [0.2, 0.25) is 0 Å². The third-order valence-corrected chi connectivity index (χ3v) is 4.91. The van der Waals surface area contributed by atoms with Gasteiger partial charge in [-0.25, -0.2) is 9.37 Å². The van der Waals surface area contributed by atoms with Crippen molar-refractivity contribution in [3.05, 3.63) is 56.2 Å². The molecule has 1 N–H and O–H groups in total. The van der Waals surface area contributed by atoms with Crippen molar-refractivity contribution < 1.29 is 9.18 Å². The van der Waals surface area contributed by atoms with E-state index in [-0.39, 0.29) is 16.3 Å². The standard InChI is InChI=1S/C15H11ClFN3O2S/c1-7-10-14(18-6-20(2)15(10)22)23-12(7)13(21)19-9-5-3-4-8(16)11(9)17/h3-6H,1-2H3,(H,19,21). The largest absolute Gasteiger partial charge is 0.319 e. The highest BCUT2D eigenvalue weighted by Gasteiger charge is 2.20. The van der Waals surface area contributed by atoms with Gasteiger partial charge in [-0.15, -0.1) is 11.3 Å². The molecule has 118 valence electrons. The summed E-state index contributed by atoms with van der Waals surface area (Å²) >= 11 is 6.79. The highest BCUT2D eigenvalue weighted by Crippen LogP contribution is 2.28. The van der Waals surface area contributed by atoms with E-state index in [0.29, 0.717) is 20.7 Å². The summed E-state index contributed by atoms with van der Waals surface area (Å²) in [6.07, 6.45) is 1.40. The molecule has 2 aromatic heterocycles. The lowest BCUT2D eigenvalue weighted by atomic mass is 10.2. The summed E-state index contributed by atoms with van der Waals surface area (Å²) in [6.45, 7) is 1.67. The van der Waals surface area contributed by atoms with Crippen LogP contribution in [0.3, 0.4) is 0 Å². The molecule has 3 rings (SSSR count). The van der Waals surface area contributed by atoms with Gasteiger partial charge in [-0.2, -0.15) is 0 Å². The van der Waals surface area contributed by atoms with Gasteiger partial charge in [0.05, 0.1) is 27.3 Å². The van der Waals surface area contributed by atoms with Crippen LogP contribution in [0.4, 0.5) is 10.1 Å². The zero-order chi connectivity index (χ0) is 16.7. The average molecular weight is 352 g/mol. The predicted molar refractivity (Wildman–Crippen MR) is 89.0 cm³/mol. The van der Waals surface area contributed by atoms with E-state index >= 15 is 0 Å². The maximum atomic E-state index is 13.9. The molecule has 0 fully saturated rings. The number of fused-ring (bicyclic) bond motifs is 1. The lowest BCUT2D eigenvalue weighted by molar-refractivity contribution is 0.102. The number of hydrogen-bond acceptors (Lipinski definition) is 4. The number of aromatic nitrogens is 2. The van der Waals surface area contributed by atoms with Gasteiger partial charge >= 0.3 is 0 Å². The molecule has 0 atom stereocenters. The molecule has 0 radical (unpaired) electrons. The summed E-state index contributed by atoms with van der Waals surface area (Å²) in [7, 11) is 1.59. The molecule has 2 heterocycles. The summed E-state index contributed by atoms with van der Waals surface area (Å²) in [5.41, 5.74) is 0.288. The van der Waals surface area contributed by atoms with E-state index in [1.165, 1.54) is 29.1 Å². The van der Waals surface area contributed by atoms with Crippen LogP contribution >= 0.6 is 22.9 Å². The predicted octanol–water partition coefficient (Wildman–Crippen LogP) is 3.35. The molecule has 1 amide bonds. The molecule has 0 aliphatic carbocycles. The van der Waals surface area contributed by atoms with Gasteiger partial charge in [-0.05, 0) is 24.6 Å². The summed E-state index contributed by atoms with van der Waals surface area (Å²) < 4.78 is 15.2. The Hall–Kier alpha value is -2.25. The molecule has 0 saturated heterocycles. The number of anilines is 1. The normalized spacial score (nSPS) is 11.0. The lowest BCUT2D eigenvalue weighted by Crippen LogP contribution is -2.17. The van der Waals surface area contributed by atoms with Crippen LogP contribution in [0.1, 0.15) is 15.2 Å². The van der Waals surface area contributed by atoms with E-state index in [9.17, 15) is 14.0 Å². The first-order valence-electron chi connectivity index (χ1n) is 6.60. The molecule has 8 heteroatoms. The van der Waals surface area contributed by atoms with E-state index in [2.05, 4.69) is 10.3 Å². The number of hydrogen-bond donors (Lipinski definition) is 1. The van der Waals surface area contributed by atoms with Crippen LogP contribution in [0.5, 0.6) is 0 Å². The monoisotopic (exact) mass is 351 g/mol. The number of amides is 1. The van der Waals surface area contributed by atoms with E-state index in [4.69, 9.17) is 11.6 Å². The smallest absolute Gasteiger partial charge is 0.266 e. The van der Waals surface area contributed by atoms with Crippen molar-refractivity contribution in [1.82, 2.24) is 9.55 Å². The van der Waals surface area contributed by atoms with Crippen molar-refractivity contribution in [1.29, 1.82) is 0 Å². The molecule has 0 aliphatic rings. The van der Waals surface area contributed by atoms with Crippen LogP contribution in [0.25, 0.3) is 10.2 Å². The number of carbonyl (C=O) groups excluding carboxylic acids is 1. The van der Waals surface area contributed by atoms with Crippen LogP contribution in [0.2, 0.25) is 5.02 Å². The van der Waals surface area contributed by atoms with Crippen LogP contribution in [-0.2, 0) is 7.05 Å². The van der Waals surface area contributed by atoms with Crippen molar-refractivity contribution >= 4 is 44.7 Å².